The van der Waals surface area contributed by atoms with Crippen LogP contribution in [-0.2, 0) is 9.59 Å². The van der Waals surface area contributed by atoms with Crippen LogP contribution >= 0.6 is 0 Å². The van der Waals surface area contributed by atoms with Crippen molar-refractivity contribution < 1.29 is 19.5 Å². The molecule has 2 rings (SSSR count). The van der Waals surface area contributed by atoms with Gasteiger partial charge in [0.25, 0.3) is 5.91 Å². The van der Waals surface area contributed by atoms with Gasteiger partial charge in [0.2, 0.25) is 5.91 Å². The predicted molar refractivity (Wildman–Crippen MR) is 108 cm³/mol. The second kappa shape index (κ2) is 11.5. The van der Waals surface area contributed by atoms with Crippen LogP contribution in [0.5, 0.6) is 0 Å². The molecule has 0 aliphatic carbocycles. The molecule has 0 radical (unpaired) electrons. The summed E-state index contributed by atoms with van der Waals surface area (Å²) in [6.45, 7) is 2.69. The van der Waals surface area contributed by atoms with Gasteiger partial charge in [-0.05, 0) is 18.6 Å². The Labute approximate surface area is 167 Å². The summed E-state index contributed by atoms with van der Waals surface area (Å²) in [6, 6.07) is 8.85. The molecule has 154 valence electrons. The minimum Gasteiger partial charge on any atom is -0.481 e. The van der Waals surface area contributed by atoms with Crippen LogP contribution in [-0.4, -0.2) is 46.0 Å². The Kier molecular flexibility index (Phi) is 8.98. The highest BCUT2D eigenvalue weighted by Crippen LogP contribution is 2.22. The highest BCUT2D eigenvalue weighted by Gasteiger charge is 2.39. The Morgan fingerprint density at radius 2 is 1.64 bits per heavy atom. The van der Waals surface area contributed by atoms with Crippen LogP contribution in [0.3, 0.4) is 0 Å². The number of carbonyl (C=O) groups excluding carboxylic acids is 2. The van der Waals surface area contributed by atoms with Gasteiger partial charge in [-0.1, -0.05) is 70.1 Å². The topological polar surface area (TPSA) is 77.9 Å². The largest absolute Gasteiger partial charge is 0.481 e. The zero-order valence-corrected chi connectivity index (χ0v) is 16.8. The molecule has 1 saturated heterocycles. The number of rotatable bonds is 12. The number of hydrazine groups is 1. The monoisotopic (exact) mass is 388 g/mol. The molecule has 1 aromatic rings. The average Bonchev–Trinajstić information content (AvgIpc) is 3.09. The van der Waals surface area contributed by atoms with E-state index in [4.69, 9.17) is 0 Å². The fourth-order valence-electron chi connectivity index (χ4n) is 3.55. The van der Waals surface area contributed by atoms with Crippen molar-refractivity contribution in [2.45, 2.75) is 64.7 Å². The van der Waals surface area contributed by atoms with Crippen molar-refractivity contribution in [3.8, 4) is 0 Å². The maximum Gasteiger partial charge on any atom is 0.308 e. The minimum absolute atomic E-state index is 0.0503. The normalized spacial score (nSPS) is 16.4. The first-order valence-corrected chi connectivity index (χ1v) is 10.4. The van der Waals surface area contributed by atoms with E-state index in [0.29, 0.717) is 12.1 Å². The molecule has 1 N–H and O–H groups in total. The predicted octanol–water partition coefficient (Wildman–Crippen LogP) is 4.12. The van der Waals surface area contributed by atoms with E-state index in [1.54, 1.807) is 24.3 Å². The molecule has 1 fully saturated rings. The van der Waals surface area contributed by atoms with Gasteiger partial charge < -0.3 is 5.11 Å². The number of carboxylic acids is 1. The molecule has 1 atom stereocenters. The summed E-state index contributed by atoms with van der Waals surface area (Å²) >= 11 is 0. The molecule has 2 amide bonds. The quantitative estimate of drug-likeness (QED) is 0.547. The molecule has 0 saturated carbocycles. The molecule has 1 unspecified atom stereocenters. The van der Waals surface area contributed by atoms with Gasteiger partial charge in [0, 0.05) is 18.5 Å². The molecule has 6 nitrogen and oxygen atoms in total. The van der Waals surface area contributed by atoms with E-state index in [1.807, 2.05) is 6.07 Å². The van der Waals surface area contributed by atoms with Gasteiger partial charge in [0.1, 0.15) is 0 Å². The number of carboxylic acid groups (broad SMARTS) is 1. The molecular formula is C22H32N2O4. The molecule has 0 bridgehead atoms. The average molecular weight is 389 g/mol. The standard InChI is InChI=1S/C22H32N2O4/c1-2-3-4-5-6-7-8-12-15-23(21(26)18-13-10-9-11-14-18)24-17-19(22(27)28)16-20(24)25/h9-11,13-14,19H,2-8,12,15-17H2,1H3,(H,27,28). The van der Waals surface area contributed by atoms with Crippen molar-refractivity contribution in [3.63, 3.8) is 0 Å². The summed E-state index contributed by atoms with van der Waals surface area (Å²) in [5.41, 5.74) is 0.508. The summed E-state index contributed by atoms with van der Waals surface area (Å²) in [5.74, 6) is -2.29. The summed E-state index contributed by atoms with van der Waals surface area (Å²) in [4.78, 5) is 36.6. The second-order valence-electron chi connectivity index (χ2n) is 7.48. The molecule has 28 heavy (non-hydrogen) atoms. The van der Waals surface area contributed by atoms with Gasteiger partial charge in [-0.2, -0.15) is 0 Å². The van der Waals surface area contributed by atoms with Crippen molar-refractivity contribution in [1.82, 2.24) is 10.0 Å². The molecule has 0 spiro atoms. The third-order valence-corrected chi connectivity index (χ3v) is 5.22. The molecule has 1 aliphatic heterocycles. The lowest BCUT2D eigenvalue weighted by Gasteiger charge is -2.32. The highest BCUT2D eigenvalue weighted by atomic mass is 16.4. The zero-order chi connectivity index (χ0) is 20.4. The lowest BCUT2D eigenvalue weighted by Crippen LogP contribution is -2.48. The van der Waals surface area contributed by atoms with E-state index in [2.05, 4.69) is 6.92 Å². The Bertz CT molecular complexity index is 647. The number of hydrogen-bond acceptors (Lipinski definition) is 3. The Morgan fingerprint density at radius 1 is 1.04 bits per heavy atom. The molecule has 6 heteroatoms. The maximum absolute atomic E-state index is 13.0. The Balaban J connectivity index is 1.94. The van der Waals surface area contributed by atoms with Crippen molar-refractivity contribution in [3.05, 3.63) is 35.9 Å². The first-order chi connectivity index (χ1) is 13.5. The Hall–Kier alpha value is -2.37. The third-order valence-electron chi connectivity index (χ3n) is 5.22. The van der Waals surface area contributed by atoms with Gasteiger partial charge in [0.15, 0.2) is 0 Å². The molecule has 1 aromatic carbocycles. The van der Waals surface area contributed by atoms with E-state index < -0.39 is 11.9 Å². The lowest BCUT2D eigenvalue weighted by molar-refractivity contribution is -0.141. The second-order valence-corrected chi connectivity index (χ2v) is 7.48. The fraction of sp³-hybridized carbons (Fsp3) is 0.591. The zero-order valence-electron chi connectivity index (χ0n) is 16.8. The number of unbranched alkanes of at least 4 members (excludes halogenated alkanes) is 7. The van der Waals surface area contributed by atoms with E-state index in [0.717, 1.165) is 19.3 Å². The SMILES string of the molecule is CCCCCCCCCCN(C(=O)c1ccccc1)N1CC(C(=O)O)CC1=O. The molecule has 0 aromatic heterocycles. The molecule has 1 aliphatic rings. The number of nitrogens with zero attached hydrogens (tertiary/aromatic N) is 2. The Morgan fingerprint density at radius 3 is 2.21 bits per heavy atom. The lowest BCUT2D eigenvalue weighted by atomic mass is 10.1. The van der Waals surface area contributed by atoms with Crippen LogP contribution < -0.4 is 0 Å². The van der Waals surface area contributed by atoms with Gasteiger partial charge in [0.05, 0.1) is 12.5 Å². The molecular weight excluding hydrogens is 356 g/mol. The van der Waals surface area contributed by atoms with Crippen molar-refractivity contribution >= 4 is 17.8 Å². The van der Waals surface area contributed by atoms with Gasteiger partial charge >= 0.3 is 5.97 Å². The fourth-order valence-corrected chi connectivity index (χ4v) is 3.55. The van der Waals surface area contributed by atoms with E-state index in [-0.39, 0.29) is 24.8 Å². The maximum atomic E-state index is 13.0. The summed E-state index contributed by atoms with van der Waals surface area (Å²) < 4.78 is 0. The number of benzene rings is 1. The number of carbonyl (C=O) groups is 3. The van der Waals surface area contributed by atoms with Gasteiger partial charge in [-0.25, -0.2) is 5.01 Å². The van der Waals surface area contributed by atoms with Crippen molar-refractivity contribution in [2.24, 2.45) is 5.92 Å². The number of aliphatic carboxylic acids is 1. The summed E-state index contributed by atoms with van der Waals surface area (Å²) in [7, 11) is 0. The number of hydrogen-bond donors (Lipinski definition) is 1. The van der Waals surface area contributed by atoms with Crippen molar-refractivity contribution in [2.75, 3.05) is 13.1 Å². The van der Waals surface area contributed by atoms with Crippen LogP contribution in [0, 0.1) is 5.92 Å². The van der Waals surface area contributed by atoms with E-state index in [1.165, 1.54) is 42.1 Å². The van der Waals surface area contributed by atoms with Gasteiger partial charge in [-0.15, -0.1) is 0 Å². The van der Waals surface area contributed by atoms with E-state index >= 15 is 0 Å². The minimum atomic E-state index is -0.991. The molecule has 1 heterocycles. The van der Waals surface area contributed by atoms with Gasteiger partial charge in [-0.3, -0.25) is 19.4 Å². The third kappa shape index (κ3) is 6.36. The summed E-state index contributed by atoms with van der Waals surface area (Å²) in [5, 5.41) is 12.0. The number of amides is 2. The summed E-state index contributed by atoms with van der Waals surface area (Å²) in [6.07, 6.45) is 9.08. The smallest absolute Gasteiger partial charge is 0.308 e. The van der Waals surface area contributed by atoms with Crippen molar-refractivity contribution in [1.29, 1.82) is 0 Å². The first kappa shape index (κ1) is 21.9. The van der Waals surface area contributed by atoms with Crippen LogP contribution in [0.2, 0.25) is 0 Å². The van der Waals surface area contributed by atoms with Crippen LogP contribution in [0.4, 0.5) is 0 Å². The van der Waals surface area contributed by atoms with Crippen LogP contribution in [0.15, 0.2) is 30.3 Å². The first-order valence-electron chi connectivity index (χ1n) is 10.4. The highest BCUT2D eigenvalue weighted by molar-refractivity contribution is 5.96. The van der Waals surface area contributed by atoms with Crippen LogP contribution in [0.25, 0.3) is 0 Å². The van der Waals surface area contributed by atoms with E-state index in [9.17, 15) is 19.5 Å². The van der Waals surface area contributed by atoms with Crippen LogP contribution in [0.1, 0.15) is 75.1 Å².